The molecule has 0 aliphatic heterocycles. The van der Waals surface area contributed by atoms with Crippen molar-refractivity contribution in [2.45, 2.75) is 27.7 Å². The molecule has 0 bridgehead atoms. The third-order valence-electron chi connectivity index (χ3n) is 0.642. The Balaban J connectivity index is 3.89. The zero-order valence-corrected chi connectivity index (χ0v) is 6.02. The fourth-order valence-electron chi connectivity index (χ4n) is 0.627. The molecule has 0 aliphatic carbocycles. The summed E-state index contributed by atoms with van der Waals surface area (Å²) in [5, 5.41) is 8.75. The van der Waals surface area contributed by atoms with E-state index in [0.29, 0.717) is 5.76 Å². The average Bonchev–Trinajstić information content (AvgIpc) is 1.21. The van der Waals surface area contributed by atoms with Crippen molar-refractivity contribution in [1.82, 2.24) is 0 Å². The highest BCUT2D eigenvalue weighted by Crippen LogP contribution is 2.15. The molecule has 1 heteroatoms. The number of aliphatic hydroxyl groups is 1. The minimum atomic E-state index is 0.110. The minimum Gasteiger partial charge on any atom is -0.513 e. The first-order valence-electron chi connectivity index (χ1n) is 2.80. The van der Waals surface area contributed by atoms with Gasteiger partial charge in [0.25, 0.3) is 0 Å². The van der Waals surface area contributed by atoms with Crippen molar-refractivity contribution >= 4 is 0 Å². The van der Waals surface area contributed by atoms with E-state index in [4.69, 9.17) is 5.11 Å². The van der Waals surface area contributed by atoms with Crippen LogP contribution < -0.4 is 0 Å². The van der Waals surface area contributed by atoms with Crippen LogP contribution in [0.4, 0.5) is 0 Å². The van der Waals surface area contributed by atoms with Crippen LogP contribution in [0, 0.1) is 5.41 Å². The molecule has 0 saturated heterocycles. The van der Waals surface area contributed by atoms with Gasteiger partial charge in [0.05, 0.1) is 5.76 Å². The van der Waals surface area contributed by atoms with Crippen LogP contribution in [0.25, 0.3) is 0 Å². The molecule has 0 amide bonds. The second kappa shape index (κ2) is 2.21. The van der Waals surface area contributed by atoms with E-state index in [-0.39, 0.29) is 5.41 Å². The van der Waals surface area contributed by atoms with Crippen LogP contribution in [-0.2, 0) is 0 Å². The Morgan fingerprint density at radius 3 is 1.75 bits per heavy atom. The molecule has 0 aromatic rings. The van der Waals surface area contributed by atoms with E-state index in [9.17, 15) is 0 Å². The lowest BCUT2D eigenvalue weighted by molar-refractivity contribution is 0.393. The molecule has 0 spiro atoms. The third-order valence-corrected chi connectivity index (χ3v) is 0.642. The van der Waals surface area contributed by atoms with Gasteiger partial charge in [0.15, 0.2) is 0 Å². The van der Waals surface area contributed by atoms with E-state index in [1.807, 2.05) is 26.8 Å². The molecule has 0 heterocycles. The highest BCUT2D eigenvalue weighted by molar-refractivity contribution is 4.94. The van der Waals surface area contributed by atoms with Gasteiger partial charge >= 0.3 is 0 Å². The standard InChI is InChI=1S/C7H14O/c1-6(8)5-7(2,3)4/h5,8H,1-4H3. The van der Waals surface area contributed by atoms with Gasteiger partial charge in [-0.2, -0.15) is 0 Å². The topological polar surface area (TPSA) is 20.2 Å². The van der Waals surface area contributed by atoms with Crippen molar-refractivity contribution in [1.29, 1.82) is 0 Å². The average molecular weight is 114 g/mol. The van der Waals surface area contributed by atoms with Crippen molar-refractivity contribution in [2.24, 2.45) is 5.41 Å². The van der Waals surface area contributed by atoms with Crippen LogP contribution >= 0.6 is 0 Å². The molecular formula is C7H14O. The van der Waals surface area contributed by atoms with Crippen LogP contribution in [0.1, 0.15) is 27.7 Å². The molecule has 8 heavy (non-hydrogen) atoms. The molecule has 0 atom stereocenters. The molecule has 0 fully saturated rings. The van der Waals surface area contributed by atoms with Gasteiger partial charge in [-0.25, -0.2) is 0 Å². The van der Waals surface area contributed by atoms with E-state index in [2.05, 4.69) is 0 Å². The maximum absolute atomic E-state index is 8.75. The number of hydrogen-bond donors (Lipinski definition) is 1. The summed E-state index contributed by atoms with van der Waals surface area (Å²) in [7, 11) is 0. The number of hydrogen-bond acceptors (Lipinski definition) is 1. The van der Waals surface area contributed by atoms with Crippen molar-refractivity contribution < 1.29 is 5.11 Å². The third kappa shape index (κ3) is 5.54. The van der Waals surface area contributed by atoms with Gasteiger partial charge in [-0.1, -0.05) is 20.8 Å². The zero-order valence-electron chi connectivity index (χ0n) is 6.02. The van der Waals surface area contributed by atoms with Gasteiger partial charge in [0, 0.05) is 0 Å². The quantitative estimate of drug-likeness (QED) is 0.480. The van der Waals surface area contributed by atoms with Gasteiger partial charge in [0.1, 0.15) is 0 Å². The Kier molecular flexibility index (Phi) is 2.08. The summed E-state index contributed by atoms with van der Waals surface area (Å²) >= 11 is 0. The van der Waals surface area contributed by atoms with Gasteiger partial charge in [0.2, 0.25) is 0 Å². The van der Waals surface area contributed by atoms with Gasteiger partial charge in [-0.05, 0) is 18.4 Å². The molecule has 0 radical (unpaired) electrons. The molecule has 1 nitrogen and oxygen atoms in total. The first-order valence-corrected chi connectivity index (χ1v) is 2.80. The Bertz CT molecular complexity index is 91.4. The fourth-order valence-corrected chi connectivity index (χ4v) is 0.627. The summed E-state index contributed by atoms with van der Waals surface area (Å²) in [6.45, 7) is 7.83. The van der Waals surface area contributed by atoms with Gasteiger partial charge in [-0.15, -0.1) is 0 Å². The van der Waals surface area contributed by atoms with Crippen LogP contribution in [0.5, 0.6) is 0 Å². The molecule has 0 aromatic heterocycles. The maximum atomic E-state index is 8.75. The van der Waals surface area contributed by atoms with E-state index in [0.717, 1.165) is 0 Å². The highest BCUT2D eigenvalue weighted by atomic mass is 16.3. The molecule has 48 valence electrons. The Hall–Kier alpha value is -0.460. The summed E-state index contributed by atoms with van der Waals surface area (Å²) in [6, 6.07) is 0. The van der Waals surface area contributed by atoms with E-state index < -0.39 is 0 Å². The predicted octanol–water partition coefficient (Wildman–Crippen LogP) is 2.49. The number of rotatable bonds is 0. The summed E-state index contributed by atoms with van der Waals surface area (Å²) < 4.78 is 0. The highest BCUT2D eigenvalue weighted by Gasteiger charge is 2.04. The van der Waals surface area contributed by atoms with Gasteiger partial charge in [-0.3, -0.25) is 0 Å². The summed E-state index contributed by atoms with van der Waals surface area (Å²) in [5.41, 5.74) is 0.110. The summed E-state index contributed by atoms with van der Waals surface area (Å²) in [6.07, 6.45) is 1.83. The lowest BCUT2D eigenvalue weighted by Crippen LogP contribution is -1.99. The van der Waals surface area contributed by atoms with Crippen LogP contribution in [-0.4, -0.2) is 5.11 Å². The molecule has 0 saturated carbocycles. The minimum absolute atomic E-state index is 0.110. The van der Waals surface area contributed by atoms with Crippen molar-refractivity contribution in [2.75, 3.05) is 0 Å². The monoisotopic (exact) mass is 114 g/mol. The van der Waals surface area contributed by atoms with Crippen molar-refractivity contribution in [3.8, 4) is 0 Å². The number of aliphatic hydroxyl groups excluding tert-OH is 1. The smallest absolute Gasteiger partial charge is 0.0857 e. The lowest BCUT2D eigenvalue weighted by atomic mass is 9.96. The second-order valence-electron chi connectivity index (χ2n) is 3.15. The normalized spacial score (nSPS) is 14.2. The molecule has 0 rings (SSSR count). The molecular weight excluding hydrogens is 100 g/mol. The Morgan fingerprint density at radius 2 is 1.75 bits per heavy atom. The Labute approximate surface area is 51.0 Å². The van der Waals surface area contributed by atoms with E-state index in [1.165, 1.54) is 0 Å². The SMILES string of the molecule is CC(O)=CC(C)(C)C. The van der Waals surface area contributed by atoms with Crippen LogP contribution in [0.15, 0.2) is 11.8 Å². The second-order valence-corrected chi connectivity index (χ2v) is 3.15. The molecule has 1 N–H and O–H groups in total. The lowest BCUT2D eigenvalue weighted by Gasteiger charge is -2.10. The van der Waals surface area contributed by atoms with Gasteiger partial charge < -0.3 is 5.11 Å². The summed E-state index contributed by atoms with van der Waals surface area (Å²) in [5.74, 6) is 0.400. The largest absolute Gasteiger partial charge is 0.513 e. The molecule has 0 aromatic carbocycles. The van der Waals surface area contributed by atoms with Crippen molar-refractivity contribution in [3.05, 3.63) is 11.8 Å². The van der Waals surface area contributed by atoms with E-state index in [1.54, 1.807) is 6.92 Å². The summed E-state index contributed by atoms with van der Waals surface area (Å²) in [4.78, 5) is 0. The first-order chi connectivity index (χ1) is 3.42. The zero-order chi connectivity index (χ0) is 6.78. The predicted molar refractivity (Wildman–Crippen MR) is 35.8 cm³/mol. The Morgan fingerprint density at radius 1 is 1.38 bits per heavy atom. The van der Waals surface area contributed by atoms with Crippen LogP contribution in [0.3, 0.4) is 0 Å². The maximum Gasteiger partial charge on any atom is 0.0857 e. The van der Waals surface area contributed by atoms with Crippen LogP contribution in [0.2, 0.25) is 0 Å². The fraction of sp³-hybridized carbons (Fsp3) is 0.714. The molecule has 0 unspecified atom stereocenters. The number of allylic oxidation sites excluding steroid dienone is 2. The molecule has 0 aliphatic rings. The van der Waals surface area contributed by atoms with E-state index >= 15 is 0 Å². The van der Waals surface area contributed by atoms with Crippen molar-refractivity contribution in [3.63, 3.8) is 0 Å². The first kappa shape index (κ1) is 7.54.